The molecule has 2 unspecified atom stereocenters. The van der Waals surface area contributed by atoms with Gasteiger partial charge in [0.15, 0.2) is 0 Å². The fraction of sp³-hybridized carbons (Fsp3) is 0.565. The summed E-state index contributed by atoms with van der Waals surface area (Å²) in [4.78, 5) is 1.06. The predicted molar refractivity (Wildman–Crippen MR) is 124 cm³/mol. The van der Waals surface area contributed by atoms with E-state index in [9.17, 15) is 13.5 Å². The molecule has 0 fully saturated rings. The first kappa shape index (κ1) is 24.9. The highest BCUT2D eigenvalue weighted by molar-refractivity contribution is 7.91. The van der Waals surface area contributed by atoms with E-state index in [-0.39, 0.29) is 16.2 Å². The molecular weight excluding hydrogens is 418 g/mol. The lowest BCUT2D eigenvalue weighted by Crippen LogP contribution is -2.32. The van der Waals surface area contributed by atoms with Crippen LogP contribution in [0.1, 0.15) is 69.4 Å². The van der Waals surface area contributed by atoms with Crippen LogP contribution in [0.5, 0.6) is 5.75 Å². The van der Waals surface area contributed by atoms with Gasteiger partial charge in [-0.2, -0.15) is 0 Å². The normalized spacial score (nSPS) is 14.5. The zero-order valence-corrected chi connectivity index (χ0v) is 20.3. The van der Waals surface area contributed by atoms with Crippen LogP contribution in [0.15, 0.2) is 34.5 Å². The summed E-state index contributed by atoms with van der Waals surface area (Å²) in [5, 5.41) is 15.5. The molecule has 0 spiro atoms. The monoisotopic (exact) mass is 453 g/mol. The molecule has 0 saturated heterocycles. The van der Waals surface area contributed by atoms with E-state index in [4.69, 9.17) is 9.88 Å². The number of rotatable bonds is 10. The Kier molecular flexibility index (Phi) is 8.51. The maximum Gasteiger partial charge on any atom is 0.247 e. The van der Waals surface area contributed by atoms with E-state index in [1.54, 1.807) is 6.07 Å². The topological polar surface area (TPSA) is 89.6 Å². The Morgan fingerprint density at radius 2 is 1.87 bits per heavy atom. The van der Waals surface area contributed by atoms with Gasteiger partial charge in [0.25, 0.3) is 0 Å². The van der Waals surface area contributed by atoms with E-state index in [0.29, 0.717) is 5.92 Å². The Labute approximate surface area is 185 Å². The van der Waals surface area contributed by atoms with Gasteiger partial charge in [-0.25, -0.2) is 13.6 Å². The van der Waals surface area contributed by atoms with Crippen LogP contribution in [0.3, 0.4) is 0 Å². The van der Waals surface area contributed by atoms with Crippen molar-refractivity contribution < 1.29 is 18.3 Å². The fourth-order valence-electron chi connectivity index (χ4n) is 3.22. The molecule has 1 heterocycles. The van der Waals surface area contributed by atoms with Crippen molar-refractivity contribution in [3.05, 3.63) is 46.3 Å². The van der Waals surface area contributed by atoms with Gasteiger partial charge < -0.3 is 9.84 Å². The molecule has 0 amide bonds. The van der Waals surface area contributed by atoms with Crippen LogP contribution in [0.4, 0.5) is 0 Å². The third-order valence-electron chi connectivity index (χ3n) is 5.46. The number of thiophene rings is 1. The number of aryl methyl sites for hydroxylation is 2. The van der Waals surface area contributed by atoms with Crippen molar-refractivity contribution in [2.45, 2.75) is 76.5 Å². The minimum Gasteiger partial charge on any atom is -0.491 e. The van der Waals surface area contributed by atoms with E-state index in [1.165, 1.54) is 16.9 Å². The SMILES string of the molecule is CCc1cc(CCC(CC)c2ccc(S(N)(=O)=O)s2)ccc1OCC(O)C(C)(C)C. The second kappa shape index (κ2) is 10.3. The molecule has 0 radical (unpaired) electrons. The molecular formula is C23H35NO4S2. The van der Waals surface area contributed by atoms with Gasteiger partial charge in [-0.3, -0.25) is 0 Å². The highest BCUT2D eigenvalue weighted by Gasteiger charge is 2.23. The summed E-state index contributed by atoms with van der Waals surface area (Å²) >= 11 is 1.27. The van der Waals surface area contributed by atoms with Gasteiger partial charge in [0.2, 0.25) is 10.0 Å². The molecule has 7 heteroatoms. The molecule has 2 aromatic rings. The minimum absolute atomic E-state index is 0.216. The fourth-order valence-corrected chi connectivity index (χ4v) is 5.19. The molecule has 5 nitrogen and oxygen atoms in total. The molecule has 0 saturated carbocycles. The Bertz CT molecular complexity index is 929. The maximum atomic E-state index is 11.5. The van der Waals surface area contributed by atoms with Crippen LogP contribution in [0.25, 0.3) is 0 Å². The summed E-state index contributed by atoms with van der Waals surface area (Å²) in [5.41, 5.74) is 2.15. The number of nitrogens with two attached hydrogens (primary N) is 1. The quantitative estimate of drug-likeness (QED) is 0.537. The number of aliphatic hydroxyl groups is 1. The number of aliphatic hydroxyl groups excluding tert-OH is 1. The minimum atomic E-state index is -3.64. The number of ether oxygens (including phenoxy) is 1. The van der Waals surface area contributed by atoms with Crippen LogP contribution in [0, 0.1) is 5.41 Å². The zero-order valence-electron chi connectivity index (χ0n) is 18.6. The number of benzene rings is 1. The second-order valence-electron chi connectivity index (χ2n) is 8.83. The smallest absolute Gasteiger partial charge is 0.247 e. The first-order valence-electron chi connectivity index (χ1n) is 10.5. The standard InChI is InChI=1S/C23H35NO4S2/c1-6-17(20-12-13-22(29-20)30(24,26)27)10-8-16-9-11-19(18(7-2)14-16)28-15-21(25)23(3,4)5/h9,11-14,17,21,25H,6-8,10,15H2,1-5H3,(H2,24,26,27). The molecule has 3 N–H and O–H groups in total. The Hall–Kier alpha value is -1.41. The number of primary sulfonamides is 1. The molecule has 30 heavy (non-hydrogen) atoms. The van der Waals surface area contributed by atoms with Crippen molar-refractivity contribution in [2.24, 2.45) is 10.6 Å². The highest BCUT2D eigenvalue weighted by Crippen LogP contribution is 2.33. The van der Waals surface area contributed by atoms with Crippen molar-refractivity contribution in [3.63, 3.8) is 0 Å². The molecule has 168 valence electrons. The highest BCUT2D eigenvalue weighted by atomic mass is 32.2. The summed E-state index contributed by atoms with van der Waals surface area (Å²) in [6.07, 6.45) is 3.11. The molecule has 0 aliphatic carbocycles. The second-order valence-corrected chi connectivity index (χ2v) is 11.7. The van der Waals surface area contributed by atoms with Crippen molar-refractivity contribution in [2.75, 3.05) is 6.61 Å². The zero-order chi connectivity index (χ0) is 22.5. The van der Waals surface area contributed by atoms with E-state index >= 15 is 0 Å². The number of hydrogen-bond donors (Lipinski definition) is 2. The molecule has 1 aromatic heterocycles. The van der Waals surface area contributed by atoms with Crippen LogP contribution in [0.2, 0.25) is 0 Å². The van der Waals surface area contributed by atoms with E-state index in [1.807, 2.05) is 32.9 Å². The number of sulfonamides is 1. The van der Waals surface area contributed by atoms with Crippen molar-refractivity contribution in [1.82, 2.24) is 0 Å². The predicted octanol–water partition coefficient (Wildman–Crippen LogP) is 4.87. The van der Waals surface area contributed by atoms with E-state index < -0.39 is 16.1 Å². The van der Waals surface area contributed by atoms with Gasteiger partial charge in [-0.15, -0.1) is 11.3 Å². The Morgan fingerprint density at radius 1 is 1.17 bits per heavy atom. The van der Waals surface area contributed by atoms with Crippen molar-refractivity contribution in [1.29, 1.82) is 0 Å². The molecule has 0 aliphatic rings. The molecule has 0 aliphatic heterocycles. The van der Waals surface area contributed by atoms with Gasteiger partial charge in [0, 0.05) is 4.88 Å². The maximum absolute atomic E-state index is 11.5. The summed E-state index contributed by atoms with van der Waals surface area (Å²) in [6, 6.07) is 9.73. The first-order chi connectivity index (χ1) is 14.0. The van der Waals surface area contributed by atoms with Crippen LogP contribution in [-0.2, 0) is 22.9 Å². The largest absolute Gasteiger partial charge is 0.491 e. The van der Waals surface area contributed by atoms with Gasteiger partial charge in [0.05, 0.1) is 6.10 Å². The number of hydrogen-bond acceptors (Lipinski definition) is 5. The first-order valence-corrected chi connectivity index (χ1v) is 12.9. The van der Waals surface area contributed by atoms with Crippen molar-refractivity contribution >= 4 is 21.4 Å². The Balaban J connectivity index is 2.05. The lowest BCUT2D eigenvalue weighted by Gasteiger charge is -2.26. The lowest BCUT2D eigenvalue weighted by atomic mass is 9.90. The van der Waals surface area contributed by atoms with Gasteiger partial charge in [-0.05, 0) is 66.3 Å². The molecule has 1 aromatic carbocycles. The van der Waals surface area contributed by atoms with E-state index in [2.05, 4.69) is 26.0 Å². The summed E-state index contributed by atoms with van der Waals surface area (Å²) in [6.45, 7) is 10.5. The average molecular weight is 454 g/mol. The summed E-state index contributed by atoms with van der Waals surface area (Å²) < 4.78 is 29.2. The summed E-state index contributed by atoms with van der Waals surface area (Å²) in [5.74, 6) is 1.13. The van der Waals surface area contributed by atoms with Gasteiger partial charge in [-0.1, -0.05) is 46.8 Å². The van der Waals surface area contributed by atoms with Crippen molar-refractivity contribution in [3.8, 4) is 5.75 Å². The van der Waals surface area contributed by atoms with Gasteiger partial charge >= 0.3 is 0 Å². The van der Waals surface area contributed by atoms with Crippen LogP contribution < -0.4 is 9.88 Å². The van der Waals surface area contributed by atoms with E-state index in [0.717, 1.165) is 41.9 Å². The summed E-state index contributed by atoms with van der Waals surface area (Å²) in [7, 11) is -3.64. The third kappa shape index (κ3) is 6.80. The molecule has 0 bridgehead atoms. The molecule has 2 atom stereocenters. The third-order valence-corrected chi connectivity index (χ3v) is 8.15. The molecule has 2 rings (SSSR count). The Morgan fingerprint density at radius 3 is 2.40 bits per heavy atom. The van der Waals surface area contributed by atoms with Crippen LogP contribution in [-0.4, -0.2) is 26.2 Å². The average Bonchev–Trinajstić information content (AvgIpc) is 3.16. The van der Waals surface area contributed by atoms with Gasteiger partial charge in [0.1, 0.15) is 16.6 Å². The lowest BCUT2D eigenvalue weighted by molar-refractivity contribution is 0.0215. The van der Waals surface area contributed by atoms with Crippen LogP contribution >= 0.6 is 11.3 Å².